The van der Waals surface area contributed by atoms with Gasteiger partial charge >= 0.3 is 5.97 Å². The smallest absolute Gasteiger partial charge is 0.339 e. The second-order valence-corrected chi connectivity index (χ2v) is 6.35. The Balaban J connectivity index is 1.72. The summed E-state index contributed by atoms with van der Waals surface area (Å²) >= 11 is 1.33. The molecule has 0 fully saturated rings. The number of fused-ring (bicyclic) bond motifs is 1. The normalized spacial score (nSPS) is 17.0. The summed E-state index contributed by atoms with van der Waals surface area (Å²) in [4.78, 5) is 24.2. The largest absolute Gasteiger partial charge is 0.448 e. The van der Waals surface area contributed by atoms with Crippen LogP contribution in [-0.4, -0.2) is 28.2 Å². The first-order chi connectivity index (χ1) is 10.5. The van der Waals surface area contributed by atoms with Crippen LogP contribution >= 0.6 is 11.3 Å². The van der Waals surface area contributed by atoms with E-state index < -0.39 is 12.1 Å². The fourth-order valence-electron chi connectivity index (χ4n) is 2.18. The van der Waals surface area contributed by atoms with E-state index in [1.165, 1.54) is 11.3 Å². The summed E-state index contributed by atoms with van der Waals surface area (Å²) in [6, 6.07) is 7.14. The average molecular weight is 317 g/mol. The lowest BCUT2D eigenvalue weighted by atomic mass is 9.98. The Morgan fingerprint density at radius 1 is 1.36 bits per heavy atom. The zero-order valence-corrected chi connectivity index (χ0v) is 13.0. The number of anilines is 1. The summed E-state index contributed by atoms with van der Waals surface area (Å²) in [5.74, 6) is -0.598. The fourth-order valence-corrected chi connectivity index (χ4v) is 2.93. The van der Waals surface area contributed by atoms with Crippen LogP contribution in [0.3, 0.4) is 0 Å². The molecule has 3 rings (SSSR count). The van der Waals surface area contributed by atoms with E-state index in [9.17, 15) is 9.59 Å². The third-order valence-corrected chi connectivity index (χ3v) is 4.49. The van der Waals surface area contributed by atoms with Crippen LogP contribution in [0.4, 0.5) is 5.13 Å². The molecule has 6 nitrogen and oxygen atoms in total. The highest BCUT2D eigenvalue weighted by molar-refractivity contribution is 7.15. The van der Waals surface area contributed by atoms with Crippen LogP contribution in [-0.2, 0) is 16.0 Å². The molecule has 0 saturated carbocycles. The van der Waals surface area contributed by atoms with Crippen LogP contribution in [0.5, 0.6) is 0 Å². The number of nitrogens with zero attached hydrogens (tertiary/aromatic N) is 2. The number of carbonyl (C=O) groups excluding carboxylic acids is 2. The van der Waals surface area contributed by atoms with Gasteiger partial charge in [-0.05, 0) is 11.6 Å². The number of amides is 1. The number of ether oxygens (including phenoxy) is 1. The van der Waals surface area contributed by atoms with E-state index >= 15 is 0 Å². The third kappa shape index (κ3) is 2.85. The maximum Gasteiger partial charge on any atom is 0.339 e. The van der Waals surface area contributed by atoms with Crippen LogP contribution in [0.1, 0.15) is 40.7 Å². The van der Waals surface area contributed by atoms with Gasteiger partial charge in [-0.15, -0.1) is 10.2 Å². The molecule has 1 aromatic carbocycles. The summed E-state index contributed by atoms with van der Waals surface area (Å²) in [6.07, 6.45) is -0.474. The second kappa shape index (κ2) is 5.84. The van der Waals surface area contributed by atoms with Crippen LogP contribution < -0.4 is 5.32 Å². The Morgan fingerprint density at radius 2 is 2.14 bits per heavy atom. The molecule has 1 atom stereocenters. The van der Waals surface area contributed by atoms with E-state index in [4.69, 9.17) is 4.74 Å². The first-order valence-corrected chi connectivity index (χ1v) is 7.79. The predicted molar refractivity (Wildman–Crippen MR) is 82.0 cm³/mol. The fraction of sp³-hybridized carbons (Fsp3) is 0.333. The lowest BCUT2D eigenvalue weighted by Gasteiger charge is -2.23. The van der Waals surface area contributed by atoms with Gasteiger partial charge in [0.25, 0.3) is 5.91 Å². The molecule has 1 aromatic heterocycles. The van der Waals surface area contributed by atoms with Crippen LogP contribution in [0.25, 0.3) is 0 Å². The molecule has 0 bridgehead atoms. The van der Waals surface area contributed by atoms with Crippen molar-refractivity contribution < 1.29 is 14.3 Å². The summed E-state index contributed by atoms with van der Waals surface area (Å²) in [5, 5.41) is 11.9. The predicted octanol–water partition coefficient (Wildman–Crippen LogP) is 2.38. The van der Waals surface area contributed by atoms with Gasteiger partial charge in [-0.3, -0.25) is 10.1 Å². The number of benzene rings is 1. The number of carbonyl (C=O) groups is 2. The molecule has 0 radical (unpaired) electrons. The van der Waals surface area contributed by atoms with Crippen molar-refractivity contribution in [3.8, 4) is 0 Å². The maximum absolute atomic E-state index is 12.3. The Bertz CT molecular complexity index is 726. The average Bonchev–Trinajstić information content (AvgIpc) is 2.96. The molecule has 1 amide bonds. The standard InChI is InChI=1S/C15H15N3O3S/c1-8(2)13-17-18-15(22-13)16-12(19)11-7-9-5-3-4-6-10(9)14(20)21-11/h3-6,8,11H,7H2,1-2H3,(H,16,18,19). The molecule has 0 saturated heterocycles. The topological polar surface area (TPSA) is 81.2 Å². The van der Waals surface area contributed by atoms with Crippen molar-refractivity contribution in [2.75, 3.05) is 5.32 Å². The molecule has 2 heterocycles. The SMILES string of the molecule is CC(C)c1nnc(NC(=O)C2Cc3ccccc3C(=O)O2)s1. The first kappa shape index (κ1) is 14.6. The van der Waals surface area contributed by atoms with Gasteiger partial charge in [-0.1, -0.05) is 43.4 Å². The summed E-state index contributed by atoms with van der Waals surface area (Å²) in [5.41, 5.74) is 1.34. The monoisotopic (exact) mass is 317 g/mol. The highest BCUT2D eigenvalue weighted by atomic mass is 32.1. The van der Waals surface area contributed by atoms with E-state index in [1.807, 2.05) is 26.0 Å². The zero-order valence-electron chi connectivity index (χ0n) is 12.2. The van der Waals surface area contributed by atoms with Crippen molar-refractivity contribution in [3.63, 3.8) is 0 Å². The van der Waals surface area contributed by atoms with Gasteiger partial charge in [0.1, 0.15) is 5.01 Å². The van der Waals surface area contributed by atoms with Gasteiger partial charge in [0.2, 0.25) is 5.13 Å². The molecular weight excluding hydrogens is 302 g/mol. The lowest BCUT2D eigenvalue weighted by molar-refractivity contribution is -0.125. The number of nitrogens with one attached hydrogen (secondary N) is 1. The summed E-state index contributed by atoms with van der Waals surface area (Å²) in [6.45, 7) is 4.01. The quantitative estimate of drug-likeness (QED) is 0.879. The number of hydrogen-bond acceptors (Lipinski definition) is 6. The van der Waals surface area contributed by atoms with Crippen molar-refractivity contribution in [1.29, 1.82) is 0 Å². The highest BCUT2D eigenvalue weighted by Gasteiger charge is 2.31. The van der Waals surface area contributed by atoms with Crippen molar-refractivity contribution in [1.82, 2.24) is 10.2 Å². The molecule has 1 aliphatic rings. The lowest BCUT2D eigenvalue weighted by Crippen LogP contribution is -2.37. The molecule has 22 heavy (non-hydrogen) atoms. The van der Waals surface area contributed by atoms with Gasteiger partial charge in [0, 0.05) is 12.3 Å². The highest BCUT2D eigenvalue weighted by Crippen LogP contribution is 2.24. The molecule has 1 aliphatic heterocycles. The maximum atomic E-state index is 12.3. The van der Waals surface area contributed by atoms with Crippen molar-refractivity contribution >= 4 is 28.3 Å². The Morgan fingerprint density at radius 3 is 2.86 bits per heavy atom. The van der Waals surface area contributed by atoms with E-state index in [2.05, 4.69) is 15.5 Å². The molecule has 0 spiro atoms. The number of cyclic esters (lactones) is 1. The van der Waals surface area contributed by atoms with E-state index in [1.54, 1.807) is 12.1 Å². The van der Waals surface area contributed by atoms with E-state index in [0.717, 1.165) is 10.6 Å². The third-order valence-electron chi connectivity index (χ3n) is 3.35. The van der Waals surface area contributed by atoms with Crippen LogP contribution in [0, 0.1) is 0 Å². The number of aromatic nitrogens is 2. The Labute approximate surface area is 131 Å². The minimum absolute atomic E-state index is 0.252. The summed E-state index contributed by atoms with van der Waals surface area (Å²) < 4.78 is 5.21. The van der Waals surface area contributed by atoms with Crippen molar-refractivity contribution in [2.45, 2.75) is 32.3 Å². The Kier molecular flexibility index (Phi) is 3.89. The first-order valence-electron chi connectivity index (χ1n) is 6.97. The Hall–Kier alpha value is -2.28. The summed E-state index contributed by atoms with van der Waals surface area (Å²) in [7, 11) is 0. The minimum Gasteiger partial charge on any atom is -0.448 e. The van der Waals surface area contributed by atoms with Crippen LogP contribution in [0.15, 0.2) is 24.3 Å². The number of rotatable bonds is 3. The van der Waals surface area contributed by atoms with Gasteiger partial charge in [0.05, 0.1) is 5.56 Å². The van der Waals surface area contributed by atoms with Crippen molar-refractivity contribution in [2.24, 2.45) is 0 Å². The van der Waals surface area contributed by atoms with E-state index in [0.29, 0.717) is 17.1 Å². The second-order valence-electron chi connectivity index (χ2n) is 5.34. The molecule has 7 heteroatoms. The van der Waals surface area contributed by atoms with Gasteiger partial charge in [0.15, 0.2) is 6.10 Å². The molecular formula is C15H15N3O3S. The van der Waals surface area contributed by atoms with E-state index in [-0.39, 0.29) is 11.8 Å². The number of esters is 1. The zero-order chi connectivity index (χ0) is 15.7. The molecule has 1 N–H and O–H groups in total. The van der Waals surface area contributed by atoms with Crippen molar-refractivity contribution in [3.05, 3.63) is 40.4 Å². The van der Waals surface area contributed by atoms with Gasteiger partial charge in [-0.2, -0.15) is 0 Å². The molecule has 114 valence electrons. The molecule has 0 aliphatic carbocycles. The van der Waals surface area contributed by atoms with Crippen LogP contribution in [0.2, 0.25) is 0 Å². The van der Waals surface area contributed by atoms with Gasteiger partial charge < -0.3 is 4.74 Å². The minimum atomic E-state index is -0.839. The molecule has 2 aromatic rings. The van der Waals surface area contributed by atoms with Gasteiger partial charge in [-0.25, -0.2) is 4.79 Å². The number of hydrogen-bond donors (Lipinski definition) is 1. The molecule has 1 unspecified atom stereocenters.